The highest BCUT2D eigenvalue weighted by Gasteiger charge is 2.24. The van der Waals surface area contributed by atoms with Gasteiger partial charge in [0, 0.05) is 20.2 Å². The van der Waals surface area contributed by atoms with Crippen molar-refractivity contribution in [1.29, 1.82) is 0 Å². The molecule has 0 saturated carbocycles. The van der Waals surface area contributed by atoms with Gasteiger partial charge in [-0.25, -0.2) is 19.1 Å². The van der Waals surface area contributed by atoms with Crippen molar-refractivity contribution in [3.63, 3.8) is 0 Å². The molecule has 0 fully saturated rings. The van der Waals surface area contributed by atoms with Crippen LogP contribution < -0.4 is 22.0 Å². The van der Waals surface area contributed by atoms with Crippen LogP contribution in [0.4, 0.5) is 20.3 Å². The fourth-order valence-electron chi connectivity index (χ4n) is 2.25. The molecule has 0 aliphatic heterocycles. The molecule has 0 radical (unpaired) electrons. The van der Waals surface area contributed by atoms with Crippen molar-refractivity contribution in [2.75, 3.05) is 18.5 Å². The number of hydrogen-bond acceptors (Lipinski definition) is 7. The maximum Gasteiger partial charge on any atom is 0.332 e. The second-order valence-corrected chi connectivity index (χ2v) is 7.04. The highest BCUT2D eigenvalue weighted by molar-refractivity contribution is 14.1. The lowest BCUT2D eigenvalue weighted by molar-refractivity contribution is -0.0295. The fourth-order valence-corrected chi connectivity index (χ4v) is 2.68. The summed E-state index contributed by atoms with van der Waals surface area (Å²) in [6.45, 7) is -1.10. The Hall–Kier alpha value is -2.36. The van der Waals surface area contributed by atoms with E-state index in [0.29, 0.717) is 4.57 Å². The molecule has 2 rings (SSSR count). The van der Waals surface area contributed by atoms with E-state index in [2.05, 4.69) is 5.32 Å². The molecule has 0 saturated heterocycles. The zero-order valence-corrected chi connectivity index (χ0v) is 17.4. The molecule has 2 aromatic rings. The van der Waals surface area contributed by atoms with E-state index in [1.807, 2.05) is 5.48 Å². The summed E-state index contributed by atoms with van der Waals surface area (Å²) in [5, 5.41) is 20.4. The first-order valence-electron chi connectivity index (χ1n) is 8.01. The van der Waals surface area contributed by atoms with E-state index in [9.17, 15) is 28.3 Å². The third-order valence-corrected chi connectivity index (χ3v) is 4.63. The number of aliphatic hydroxyl groups is 2. The zero-order chi connectivity index (χ0) is 21.9. The van der Waals surface area contributed by atoms with Gasteiger partial charge in [0.1, 0.15) is 35.7 Å². The minimum absolute atomic E-state index is 0.0114. The number of aliphatic hydroxyl groups excluding tert-OH is 2. The van der Waals surface area contributed by atoms with Crippen molar-refractivity contribution < 1.29 is 28.6 Å². The van der Waals surface area contributed by atoms with Gasteiger partial charge in [-0.2, -0.15) is 0 Å². The van der Waals surface area contributed by atoms with E-state index in [4.69, 9.17) is 9.94 Å². The Morgan fingerprint density at radius 3 is 2.52 bits per heavy atom. The molecule has 0 aliphatic carbocycles. The second kappa shape index (κ2) is 9.43. The minimum Gasteiger partial charge on any atom is -0.394 e. The maximum absolute atomic E-state index is 14.2. The lowest BCUT2D eigenvalue weighted by Crippen LogP contribution is -2.44. The molecule has 1 amide bonds. The van der Waals surface area contributed by atoms with Crippen LogP contribution in [0.2, 0.25) is 0 Å². The highest BCUT2D eigenvalue weighted by Crippen LogP contribution is 2.24. The standard InChI is InChI=1S/C16H17F2IN4O6/c1-22-13(20-11-4-8(17)10(19)3-9(11)18)12(15(27)23(2)16(22)28)14(26)21-29-6-7(25)5-24/h3-4,7,20,24-25H,5-6H2,1-2H3,(H,21,26). The van der Waals surface area contributed by atoms with E-state index in [-0.39, 0.29) is 3.57 Å². The molecular weight excluding hydrogens is 509 g/mol. The number of amides is 1. The summed E-state index contributed by atoms with van der Waals surface area (Å²) in [7, 11) is 2.35. The third-order valence-electron chi connectivity index (χ3n) is 3.81. The lowest BCUT2D eigenvalue weighted by atomic mass is 10.2. The molecule has 1 aromatic heterocycles. The van der Waals surface area contributed by atoms with Crippen LogP contribution in [-0.4, -0.2) is 44.6 Å². The van der Waals surface area contributed by atoms with Gasteiger partial charge in [0.2, 0.25) is 0 Å². The third kappa shape index (κ3) is 4.98. The molecule has 0 bridgehead atoms. The molecule has 1 atom stereocenters. The normalized spacial score (nSPS) is 12.0. The van der Waals surface area contributed by atoms with Gasteiger partial charge in [-0.1, -0.05) is 0 Å². The zero-order valence-electron chi connectivity index (χ0n) is 15.2. The van der Waals surface area contributed by atoms with Crippen LogP contribution in [0, 0.1) is 15.2 Å². The Bertz CT molecular complexity index is 1060. The van der Waals surface area contributed by atoms with Crippen molar-refractivity contribution in [3.05, 3.63) is 53.7 Å². The molecule has 4 N–H and O–H groups in total. The first-order chi connectivity index (χ1) is 13.6. The van der Waals surface area contributed by atoms with Gasteiger partial charge in [0.25, 0.3) is 11.5 Å². The van der Waals surface area contributed by atoms with Gasteiger partial charge in [0.15, 0.2) is 0 Å². The van der Waals surface area contributed by atoms with Crippen LogP contribution in [0.25, 0.3) is 0 Å². The van der Waals surface area contributed by atoms with E-state index in [1.165, 1.54) is 7.05 Å². The van der Waals surface area contributed by atoms with Crippen LogP contribution in [0.3, 0.4) is 0 Å². The largest absolute Gasteiger partial charge is 0.394 e. The molecule has 1 heterocycles. The monoisotopic (exact) mass is 526 g/mol. The molecule has 29 heavy (non-hydrogen) atoms. The van der Waals surface area contributed by atoms with Crippen LogP contribution >= 0.6 is 22.6 Å². The van der Waals surface area contributed by atoms with Crippen LogP contribution in [0.1, 0.15) is 10.4 Å². The summed E-state index contributed by atoms with van der Waals surface area (Å²) in [6.07, 6.45) is -1.28. The van der Waals surface area contributed by atoms with Crippen LogP contribution in [0.5, 0.6) is 0 Å². The SMILES string of the molecule is Cn1c(Nc2cc(F)c(I)cc2F)c(C(=O)NOCC(O)CO)c(=O)n(C)c1=O. The second-order valence-electron chi connectivity index (χ2n) is 5.88. The Labute approximate surface area is 175 Å². The summed E-state index contributed by atoms with van der Waals surface area (Å²) in [4.78, 5) is 41.9. The number of carbonyl (C=O) groups excluding carboxylic acids is 1. The maximum atomic E-state index is 14.2. The summed E-state index contributed by atoms with van der Waals surface area (Å²) in [5.41, 5.74) is -0.977. The number of benzene rings is 1. The quantitative estimate of drug-likeness (QED) is 0.222. The summed E-state index contributed by atoms with van der Waals surface area (Å²) in [5.74, 6) is -3.14. The minimum atomic E-state index is -1.28. The van der Waals surface area contributed by atoms with Gasteiger partial charge in [0.05, 0.1) is 15.9 Å². The highest BCUT2D eigenvalue weighted by atomic mass is 127. The Morgan fingerprint density at radius 1 is 1.24 bits per heavy atom. The Balaban J connectivity index is 2.51. The van der Waals surface area contributed by atoms with Crippen molar-refractivity contribution in [2.45, 2.75) is 6.10 Å². The van der Waals surface area contributed by atoms with Gasteiger partial charge >= 0.3 is 5.69 Å². The average Bonchev–Trinajstić information content (AvgIpc) is 2.68. The number of halogens is 3. The van der Waals surface area contributed by atoms with Crippen LogP contribution in [0.15, 0.2) is 21.7 Å². The average molecular weight is 526 g/mol. The number of carbonyl (C=O) groups is 1. The first-order valence-corrected chi connectivity index (χ1v) is 9.09. The summed E-state index contributed by atoms with van der Waals surface area (Å²) in [6, 6.07) is 1.71. The fraction of sp³-hybridized carbons (Fsp3) is 0.312. The first kappa shape index (κ1) is 22.9. The molecule has 0 aliphatic rings. The summed E-state index contributed by atoms with van der Waals surface area (Å²) >= 11 is 1.59. The van der Waals surface area contributed by atoms with Gasteiger partial charge < -0.3 is 15.5 Å². The van der Waals surface area contributed by atoms with E-state index < -0.39 is 65.2 Å². The van der Waals surface area contributed by atoms with Gasteiger partial charge in [-0.15, -0.1) is 0 Å². The van der Waals surface area contributed by atoms with Crippen molar-refractivity contribution in [3.8, 4) is 0 Å². The number of nitrogens with zero attached hydrogens (tertiary/aromatic N) is 2. The number of nitrogens with one attached hydrogen (secondary N) is 2. The van der Waals surface area contributed by atoms with Gasteiger partial charge in [-0.05, 0) is 28.7 Å². The van der Waals surface area contributed by atoms with Gasteiger partial charge in [-0.3, -0.25) is 23.6 Å². The smallest absolute Gasteiger partial charge is 0.332 e. The molecule has 1 aromatic carbocycles. The number of rotatable bonds is 7. The Morgan fingerprint density at radius 2 is 1.90 bits per heavy atom. The topological polar surface area (TPSA) is 135 Å². The van der Waals surface area contributed by atoms with E-state index in [1.54, 1.807) is 22.6 Å². The number of anilines is 2. The molecule has 158 valence electrons. The molecule has 10 nitrogen and oxygen atoms in total. The van der Waals surface area contributed by atoms with Crippen molar-refractivity contribution in [2.24, 2.45) is 14.1 Å². The lowest BCUT2D eigenvalue weighted by Gasteiger charge is -2.17. The number of hydrogen-bond donors (Lipinski definition) is 4. The van der Waals surface area contributed by atoms with Crippen molar-refractivity contribution >= 4 is 40.0 Å². The molecule has 13 heteroatoms. The molecular formula is C16H17F2IN4O6. The number of hydroxylamine groups is 1. The van der Waals surface area contributed by atoms with E-state index >= 15 is 0 Å². The van der Waals surface area contributed by atoms with Crippen molar-refractivity contribution in [1.82, 2.24) is 14.6 Å². The van der Waals surface area contributed by atoms with E-state index in [0.717, 1.165) is 23.7 Å². The predicted molar refractivity (Wildman–Crippen MR) is 106 cm³/mol. The summed E-state index contributed by atoms with van der Waals surface area (Å²) < 4.78 is 29.6. The Kier molecular flexibility index (Phi) is 7.45. The molecule has 0 spiro atoms. The number of aromatic nitrogens is 2. The predicted octanol–water partition coefficient (Wildman–Crippen LogP) is -0.275. The van der Waals surface area contributed by atoms with Crippen LogP contribution in [-0.2, 0) is 18.9 Å². The molecule has 1 unspecified atom stereocenters.